The van der Waals surface area contributed by atoms with Crippen molar-refractivity contribution >= 4 is 22.0 Å². The fourth-order valence-corrected chi connectivity index (χ4v) is 3.12. The highest BCUT2D eigenvalue weighted by Crippen LogP contribution is 2.21. The topological polar surface area (TPSA) is 0 Å². The van der Waals surface area contributed by atoms with E-state index in [4.69, 9.17) is 0 Å². The summed E-state index contributed by atoms with van der Waals surface area (Å²) in [7, 11) is 1.41. The first kappa shape index (κ1) is 5.70. The molecule has 2 heteroatoms. The Bertz CT molecular complexity index is 50.0. The Morgan fingerprint density at radius 2 is 2.29 bits per heavy atom. The van der Waals surface area contributed by atoms with Crippen molar-refractivity contribution in [1.29, 1.82) is 0 Å². The first-order valence-corrected chi connectivity index (χ1v) is 5.21. The summed E-state index contributed by atoms with van der Waals surface area (Å²) >= 11 is 2.18. The van der Waals surface area contributed by atoms with Gasteiger partial charge in [-0.1, -0.05) is 6.42 Å². The van der Waals surface area contributed by atoms with Crippen LogP contribution in [0.25, 0.3) is 0 Å². The third-order valence-electron chi connectivity index (χ3n) is 1.41. The zero-order chi connectivity index (χ0) is 5.11. The lowest BCUT2D eigenvalue weighted by atomic mass is 10.3. The van der Waals surface area contributed by atoms with Gasteiger partial charge in [0.15, 0.2) is 0 Å². The van der Waals surface area contributed by atoms with Crippen LogP contribution in [-0.4, -0.2) is 20.9 Å². The van der Waals surface area contributed by atoms with E-state index in [0.717, 1.165) is 4.87 Å². The highest BCUT2D eigenvalue weighted by Gasteiger charge is 2.06. The Kier molecular flexibility index (Phi) is 2.26. The largest absolute Gasteiger partial charge is 0.163 e. The van der Waals surface area contributed by atoms with Gasteiger partial charge in [-0.3, -0.25) is 0 Å². The van der Waals surface area contributed by atoms with E-state index < -0.39 is 0 Å². The second-order valence-corrected chi connectivity index (χ2v) is 5.95. The predicted octanol–water partition coefficient (Wildman–Crippen LogP) is 0.595. The molecule has 1 rings (SSSR count). The third-order valence-corrected chi connectivity index (χ3v) is 4.31. The summed E-state index contributed by atoms with van der Waals surface area (Å²) in [5.74, 6) is 1.44. The number of rotatable bonds is 0. The van der Waals surface area contributed by atoms with Crippen LogP contribution in [0.3, 0.4) is 0 Å². The normalized spacial score (nSPS) is 33.4. The summed E-state index contributed by atoms with van der Waals surface area (Å²) in [5, 5.41) is 0. The van der Waals surface area contributed by atoms with Crippen molar-refractivity contribution < 1.29 is 0 Å². The third kappa shape index (κ3) is 1.87. The van der Waals surface area contributed by atoms with Gasteiger partial charge in [-0.25, -0.2) is 0 Å². The molecule has 1 aliphatic heterocycles. The van der Waals surface area contributed by atoms with E-state index in [0.29, 0.717) is 0 Å². The molecule has 1 atom stereocenters. The summed E-state index contributed by atoms with van der Waals surface area (Å²) in [6.07, 6.45) is 4.49. The van der Waals surface area contributed by atoms with E-state index in [1.807, 2.05) is 0 Å². The van der Waals surface area contributed by atoms with Gasteiger partial charge in [-0.15, -0.1) is 0 Å². The molecule has 1 fully saturated rings. The molecular weight excluding hydrogens is 120 g/mol. The fourth-order valence-electron chi connectivity index (χ4n) is 0.902. The van der Waals surface area contributed by atoms with Crippen molar-refractivity contribution in [2.24, 2.45) is 0 Å². The molecule has 1 heterocycles. The van der Waals surface area contributed by atoms with Gasteiger partial charge < -0.3 is 0 Å². The monoisotopic (exact) mass is 132 g/mol. The number of thioether (sulfide) groups is 1. The molecule has 0 saturated carbocycles. The molecular formula is C5H12SSi. The molecule has 0 aromatic carbocycles. The second kappa shape index (κ2) is 2.77. The Labute approximate surface area is 52.5 Å². The summed E-state index contributed by atoms with van der Waals surface area (Å²) in [6, 6.07) is 0. The Balaban J connectivity index is 2.12. The zero-order valence-corrected chi connectivity index (χ0v) is 7.63. The van der Waals surface area contributed by atoms with Crippen molar-refractivity contribution in [3.05, 3.63) is 0 Å². The Morgan fingerprint density at radius 1 is 1.43 bits per heavy atom. The molecule has 0 spiro atoms. The molecule has 0 aromatic rings. The number of hydrogen-bond donors (Lipinski definition) is 0. The molecule has 0 amide bonds. The van der Waals surface area contributed by atoms with Crippen LogP contribution in [0.4, 0.5) is 0 Å². The Hall–Kier alpha value is 0.567. The lowest BCUT2D eigenvalue weighted by molar-refractivity contribution is 0.743. The van der Waals surface area contributed by atoms with Gasteiger partial charge >= 0.3 is 0 Å². The molecule has 1 aliphatic rings. The van der Waals surface area contributed by atoms with Crippen LogP contribution in [-0.2, 0) is 0 Å². The van der Waals surface area contributed by atoms with Crippen LogP contribution in [0.2, 0.25) is 0 Å². The van der Waals surface area contributed by atoms with Gasteiger partial charge in [-0.05, 0) is 23.5 Å². The second-order valence-electron chi connectivity index (χ2n) is 2.18. The standard InChI is InChI=1S/C5H12SSi/c7-5-3-1-2-4-6-5/h5H,1-4H2,7H3. The van der Waals surface area contributed by atoms with Gasteiger partial charge in [0.1, 0.15) is 0 Å². The molecule has 42 valence electrons. The van der Waals surface area contributed by atoms with Crippen LogP contribution in [0.5, 0.6) is 0 Å². The minimum atomic E-state index is 1.09. The lowest BCUT2D eigenvalue weighted by Crippen LogP contribution is -2.07. The molecule has 0 nitrogen and oxygen atoms in total. The van der Waals surface area contributed by atoms with E-state index in [9.17, 15) is 0 Å². The summed E-state index contributed by atoms with van der Waals surface area (Å²) in [5.41, 5.74) is 0. The van der Waals surface area contributed by atoms with Gasteiger partial charge in [0.25, 0.3) is 0 Å². The maximum atomic E-state index is 2.18. The minimum Gasteiger partial charge on any atom is -0.163 e. The maximum Gasteiger partial charge on any atom is 0.0192 e. The zero-order valence-electron chi connectivity index (χ0n) is 4.81. The first-order chi connectivity index (χ1) is 3.39. The van der Waals surface area contributed by atoms with Gasteiger partial charge in [-0.2, -0.15) is 11.8 Å². The van der Waals surface area contributed by atoms with E-state index in [-0.39, 0.29) is 0 Å². The molecule has 1 unspecified atom stereocenters. The van der Waals surface area contributed by atoms with Crippen molar-refractivity contribution in [3.8, 4) is 0 Å². The molecule has 7 heavy (non-hydrogen) atoms. The number of hydrogen-bond acceptors (Lipinski definition) is 1. The average molecular weight is 132 g/mol. The van der Waals surface area contributed by atoms with Crippen LogP contribution >= 0.6 is 11.8 Å². The molecule has 0 aromatic heterocycles. The maximum absolute atomic E-state index is 2.18. The summed E-state index contributed by atoms with van der Waals surface area (Å²) in [4.78, 5) is 1.09. The highest BCUT2D eigenvalue weighted by atomic mass is 32.2. The smallest absolute Gasteiger partial charge is 0.0192 e. The molecule has 0 N–H and O–H groups in total. The first-order valence-electron chi connectivity index (χ1n) is 3.01. The van der Waals surface area contributed by atoms with Crippen molar-refractivity contribution in [3.63, 3.8) is 0 Å². The Morgan fingerprint density at radius 3 is 2.57 bits per heavy atom. The molecule has 1 saturated heterocycles. The minimum absolute atomic E-state index is 1.09. The molecule has 0 bridgehead atoms. The SMILES string of the molecule is [SiH3]C1CCCCS1. The van der Waals surface area contributed by atoms with Crippen LogP contribution in [0.1, 0.15) is 19.3 Å². The summed E-state index contributed by atoms with van der Waals surface area (Å²) < 4.78 is 0. The molecule has 0 radical (unpaired) electrons. The van der Waals surface area contributed by atoms with Crippen molar-refractivity contribution in [2.45, 2.75) is 24.1 Å². The van der Waals surface area contributed by atoms with E-state index in [2.05, 4.69) is 11.8 Å². The predicted molar refractivity (Wildman–Crippen MR) is 40.0 cm³/mol. The van der Waals surface area contributed by atoms with Gasteiger partial charge in [0.2, 0.25) is 0 Å². The van der Waals surface area contributed by atoms with Crippen molar-refractivity contribution in [1.82, 2.24) is 0 Å². The van der Waals surface area contributed by atoms with E-state index in [1.165, 1.54) is 35.3 Å². The summed E-state index contributed by atoms with van der Waals surface area (Å²) in [6.45, 7) is 0. The highest BCUT2D eigenvalue weighted by molar-refractivity contribution is 8.01. The average Bonchev–Trinajstić information content (AvgIpc) is 1.69. The van der Waals surface area contributed by atoms with Crippen LogP contribution in [0, 0.1) is 0 Å². The van der Waals surface area contributed by atoms with Gasteiger partial charge in [0, 0.05) is 10.2 Å². The quantitative estimate of drug-likeness (QED) is 0.435. The van der Waals surface area contributed by atoms with Crippen LogP contribution in [0.15, 0.2) is 0 Å². The molecule has 0 aliphatic carbocycles. The fraction of sp³-hybridized carbons (Fsp3) is 1.00. The van der Waals surface area contributed by atoms with E-state index in [1.54, 1.807) is 0 Å². The lowest BCUT2D eigenvalue weighted by Gasteiger charge is -2.15. The van der Waals surface area contributed by atoms with Gasteiger partial charge in [0.05, 0.1) is 0 Å². The van der Waals surface area contributed by atoms with Crippen LogP contribution < -0.4 is 0 Å². The van der Waals surface area contributed by atoms with Crippen molar-refractivity contribution in [2.75, 3.05) is 5.75 Å². The van der Waals surface area contributed by atoms with E-state index >= 15 is 0 Å².